The number of alkyl carbamates (subject to hydrolysis) is 1. The largest absolute Gasteiger partial charge is 0.445 e. The van der Waals surface area contributed by atoms with Crippen molar-refractivity contribution in [3.63, 3.8) is 0 Å². The van der Waals surface area contributed by atoms with Crippen LogP contribution in [0.4, 0.5) is 4.79 Å². The molecule has 2 aromatic carbocycles. The van der Waals surface area contributed by atoms with Crippen LogP contribution in [0.25, 0.3) is 11.1 Å². The number of rotatable bonds is 10. The molecule has 1 aliphatic carbocycles. The monoisotopic (exact) mass is 493 g/mol. The summed E-state index contributed by atoms with van der Waals surface area (Å²) in [6, 6.07) is 16.7. The predicted molar refractivity (Wildman–Crippen MR) is 136 cm³/mol. The summed E-state index contributed by atoms with van der Waals surface area (Å²) in [7, 11) is 0. The van der Waals surface area contributed by atoms with Crippen molar-refractivity contribution in [2.45, 2.75) is 58.8 Å². The first-order valence-electron chi connectivity index (χ1n) is 12.7. The molecule has 0 bridgehead atoms. The summed E-state index contributed by atoms with van der Waals surface area (Å²) >= 11 is 0. The van der Waals surface area contributed by atoms with Gasteiger partial charge >= 0.3 is 6.09 Å². The van der Waals surface area contributed by atoms with Crippen LogP contribution < -0.4 is 5.32 Å². The Hall–Kier alpha value is -3.39. The minimum Gasteiger partial charge on any atom is -0.445 e. The first-order chi connectivity index (χ1) is 17.4. The minimum absolute atomic E-state index is 0.0866. The lowest BCUT2D eigenvalue weighted by molar-refractivity contribution is -0.152. The molecule has 1 aromatic heterocycles. The van der Waals surface area contributed by atoms with Gasteiger partial charge in [0.2, 0.25) is 18.0 Å². The second-order valence-electron chi connectivity index (χ2n) is 9.78. The van der Waals surface area contributed by atoms with E-state index in [1.54, 1.807) is 12.1 Å². The summed E-state index contributed by atoms with van der Waals surface area (Å²) in [5, 5.41) is 14.0. The smallest absolute Gasteiger partial charge is 0.407 e. The lowest BCUT2D eigenvalue weighted by atomic mass is 9.74. The van der Waals surface area contributed by atoms with Crippen LogP contribution in [0.3, 0.4) is 0 Å². The van der Waals surface area contributed by atoms with E-state index in [4.69, 9.17) is 9.15 Å². The number of benzene rings is 2. The maximum absolute atomic E-state index is 14.0. The molecule has 0 aliphatic heterocycles. The Morgan fingerprint density at radius 3 is 2.53 bits per heavy atom. The molecule has 2 unspecified atom stereocenters. The fourth-order valence-corrected chi connectivity index (χ4v) is 5.05. The topological polar surface area (TPSA) is 105 Å². The number of amides is 2. The van der Waals surface area contributed by atoms with Gasteiger partial charge in [0.1, 0.15) is 12.1 Å². The third-order valence-corrected chi connectivity index (χ3v) is 7.12. The molecule has 2 amide bonds. The van der Waals surface area contributed by atoms with Crippen molar-refractivity contribution in [1.82, 2.24) is 15.2 Å². The van der Waals surface area contributed by atoms with Gasteiger partial charge in [0.15, 0.2) is 5.58 Å². The minimum atomic E-state index is -1.32. The number of carbonyl (C=O) groups is 2. The molecule has 8 heteroatoms. The maximum Gasteiger partial charge on any atom is 0.407 e. The van der Waals surface area contributed by atoms with Gasteiger partial charge in [0, 0.05) is 13.1 Å². The Morgan fingerprint density at radius 1 is 1.14 bits per heavy atom. The van der Waals surface area contributed by atoms with Crippen molar-refractivity contribution in [2.75, 3.05) is 13.1 Å². The summed E-state index contributed by atoms with van der Waals surface area (Å²) in [6.07, 6.45) is 2.58. The van der Waals surface area contributed by atoms with Crippen LogP contribution in [0.2, 0.25) is 0 Å². The highest BCUT2D eigenvalue weighted by Gasteiger charge is 2.44. The van der Waals surface area contributed by atoms with Gasteiger partial charge in [-0.3, -0.25) is 4.79 Å². The summed E-state index contributed by atoms with van der Waals surface area (Å²) in [4.78, 5) is 32.3. The molecule has 0 radical (unpaired) electrons. The number of oxazole rings is 1. The summed E-state index contributed by atoms with van der Waals surface area (Å²) in [5.41, 5.74) is 1.77. The van der Waals surface area contributed by atoms with E-state index >= 15 is 0 Å². The third kappa shape index (κ3) is 5.87. The number of carbonyl (C=O) groups excluding carboxylic acids is 2. The van der Waals surface area contributed by atoms with Crippen molar-refractivity contribution in [3.05, 3.63) is 66.1 Å². The van der Waals surface area contributed by atoms with Gasteiger partial charge in [-0.1, -0.05) is 69.2 Å². The highest BCUT2D eigenvalue weighted by atomic mass is 16.5. The number of fused-ring (bicyclic) bond motifs is 1. The van der Waals surface area contributed by atoms with Crippen LogP contribution >= 0.6 is 0 Å². The first kappa shape index (κ1) is 25.7. The average Bonchev–Trinajstić information content (AvgIpc) is 3.53. The molecule has 8 nitrogen and oxygen atoms in total. The number of aliphatic hydroxyl groups excluding tert-OH is 1. The average molecular weight is 494 g/mol. The molecule has 2 N–H and O–H groups in total. The Bertz CT molecular complexity index is 1120. The predicted octanol–water partition coefficient (Wildman–Crippen LogP) is 5.18. The fourth-order valence-electron chi connectivity index (χ4n) is 5.05. The van der Waals surface area contributed by atoms with Crippen molar-refractivity contribution in [1.29, 1.82) is 0 Å². The van der Waals surface area contributed by atoms with Gasteiger partial charge in [0.25, 0.3) is 0 Å². The van der Waals surface area contributed by atoms with Crippen molar-refractivity contribution >= 4 is 23.1 Å². The Balaban J connectivity index is 1.49. The number of nitrogens with one attached hydrogen (secondary N) is 1. The molecular formula is C28H35N3O5. The first-order valence-corrected chi connectivity index (χ1v) is 12.7. The number of aromatic nitrogens is 1. The lowest BCUT2D eigenvalue weighted by Gasteiger charge is -2.37. The second kappa shape index (κ2) is 11.6. The highest BCUT2D eigenvalue weighted by molar-refractivity contribution is 5.81. The van der Waals surface area contributed by atoms with E-state index in [2.05, 4.69) is 17.2 Å². The van der Waals surface area contributed by atoms with Crippen LogP contribution in [0.15, 0.2) is 59.0 Å². The van der Waals surface area contributed by atoms with Crippen LogP contribution in [0.1, 0.15) is 63.6 Å². The van der Waals surface area contributed by atoms with Gasteiger partial charge in [0.05, 0.1) is 5.92 Å². The van der Waals surface area contributed by atoms with Gasteiger partial charge < -0.3 is 24.5 Å². The quantitative estimate of drug-likeness (QED) is 0.377. The fraction of sp³-hybridized carbons (Fsp3) is 0.464. The molecule has 4 rings (SSSR count). The molecular weight excluding hydrogens is 458 g/mol. The van der Waals surface area contributed by atoms with Crippen LogP contribution in [0.5, 0.6) is 0 Å². The molecule has 0 spiro atoms. The van der Waals surface area contributed by atoms with Crippen LogP contribution in [-0.4, -0.2) is 40.1 Å². The van der Waals surface area contributed by atoms with Gasteiger partial charge in [-0.25, -0.2) is 9.78 Å². The van der Waals surface area contributed by atoms with Crippen molar-refractivity contribution < 1.29 is 23.8 Å². The molecule has 1 aliphatic rings. The van der Waals surface area contributed by atoms with E-state index < -0.39 is 18.2 Å². The number of para-hydroxylation sites is 2. The van der Waals surface area contributed by atoms with E-state index in [1.165, 1.54) is 4.90 Å². The van der Waals surface area contributed by atoms with Crippen LogP contribution in [-0.2, 0) is 16.1 Å². The van der Waals surface area contributed by atoms with Crippen molar-refractivity contribution in [3.8, 4) is 0 Å². The summed E-state index contributed by atoms with van der Waals surface area (Å²) in [6.45, 7) is 4.66. The van der Waals surface area contributed by atoms with Gasteiger partial charge in [-0.15, -0.1) is 0 Å². The summed E-state index contributed by atoms with van der Waals surface area (Å²) < 4.78 is 11.1. The normalized spacial score (nSPS) is 16.4. The molecule has 0 saturated heterocycles. The molecule has 1 fully saturated rings. The molecule has 192 valence electrons. The van der Waals surface area contributed by atoms with Crippen LogP contribution in [0, 0.1) is 11.3 Å². The van der Waals surface area contributed by atoms with E-state index in [0.29, 0.717) is 24.1 Å². The Morgan fingerprint density at radius 2 is 1.83 bits per heavy atom. The third-order valence-electron chi connectivity index (χ3n) is 7.12. The zero-order chi connectivity index (χ0) is 25.5. The van der Waals surface area contributed by atoms with E-state index in [9.17, 15) is 14.7 Å². The molecule has 1 heterocycles. The van der Waals surface area contributed by atoms with E-state index in [1.807, 2.05) is 49.4 Å². The number of ether oxygens (including phenoxy) is 1. The molecule has 1 saturated carbocycles. The molecule has 3 aromatic rings. The molecule has 36 heavy (non-hydrogen) atoms. The second-order valence-corrected chi connectivity index (χ2v) is 9.78. The lowest BCUT2D eigenvalue weighted by Crippen LogP contribution is -2.49. The van der Waals surface area contributed by atoms with E-state index in [0.717, 1.165) is 31.2 Å². The molecule has 2 atom stereocenters. The number of nitrogens with zero attached hydrogens (tertiary/aromatic N) is 2. The zero-order valence-corrected chi connectivity index (χ0v) is 21.0. The standard InChI is InChI=1S/C28H35N3O5/c1-3-17-31(26(33)24-30-22-13-7-8-14-23(22)36-24)25(32)21(28(2)15-9-10-16-28)18-29-27(34)35-19-20-11-5-4-6-12-20/h4-8,11-14,21,26,33H,3,9-10,15-19H2,1-2H3,(H,29,34). The SMILES string of the molecule is CCCN(C(=O)C(CNC(=O)OCc1ccccc1)C1(C)CCCC1)C(O)c1nc2ccccc2o1. The number of hydrogen-bond donors (Lipinski definition) is 2. The summed E-state index contributed by atoms with van der Waals surface area (Å²) in [5.74, 6) is -0.655. The van der Waals surface area contributed by atoms with E-state index in [-0.39, 0.29) is 30.4 Å². The zero-order valence-electron chi connectivity index (χ0n) is 21.0. The van der Waals surface area contributed by atoms with Gasteiger partial charge in [-0.2, -0.15) is 0 Å². The Labute approximate surface area is 211 Å². The highest BCUT2D eigenvalue weighted by Crippen LogP contribution is 2.45. The maximum atomic E-state index is 14.0. The number of hydrogen-bond acceptors (Lipinski definition) is 6. The number of aliphatic hydroxyl groups is 1. The van der Waals surface area contributed by atoms with Gasteiger partial charge in [-0.05, 0) is 42.4 Å². The Kier molecular flexibility index (Phi) is 8.25. The van der Waals surface area contributed by atoms with Crippen molar-refractivity contribution in [2.24, 2.45) is 11.3 Å².